The number of carbonyl (C=O) groups excluding carboxylic acids is 1. The number of hydrogen-bond donors (Lipinski definition) is 0. The van der Waals surface area contributed by atoms with Crippen molar-refractivity contribution < 1.29 is 19.0 Å². The SMILES string of the molecule is COC(=O)N1CCC(c2c3c(cc4c2OCC4)OCC3)CC1. The molecule has 5 heteroatoms. The zero-order valence-corrected chi connectivity index (χ0v) is 12.9. The molecule has 3 aliphatic rings. The summed E-state index contributed by atoms with van der Waals surface area (Å²) in [5, 5.41) is 0. The highest BCUT2D eigenvalue weighted by Crippen LogP contribution is 2.46. The van der Waals surface area contributed by atoms with Crippen LogP contribution in [-0.2, 0) is 17.6 Å². The standard InChI is InChI=1S/C17H21NO4/c1-20-17(19)18-6-2-11(3-7-18)15-13-5-9-21-14(13)10-12-4-8-22-16(12)15/h10-11H,2-9H2,1H3. The number of nitrogens with zero attached hydrogens (tertiary/aromatic N) is 1. The van der Waals surface area contributed by atoms with E-state index in [0.717, 1.165) is 63.5 Å². The molecule has 1 saturated heterocycles. The van der Waals surface area contributed by atoms with E-state index in [1.807, 2.05) is 0 Å². The van der Waals surface area contributed by atoms with E-state index in [9.17, 15) is 4.79 Å². The van der Waals surface area contributed by atoms with Crippen molar-refractivity contribution in [3.63, 3.8) is 0 Å². The fraction of sp³-hybridized carbons (Fsp3) is 0.588. The van der Waals surface area contributed by atoms with Crippen LogP contribution in [-0.4, -0.2) is 44.4 Å². The fourth-order valence-electron chi connectivity index (χ4n) is 3.93. The summed E-state index contributed by atoms with van der Waals surface area (Å²) in [6.45, 7) is 3.03. The summed E-state index contributed by atoms with van der Waals surface area (Å²) in [5.41, 5.74) is 3.97. The van der Waals surface area contributed by atoms with Crippen LogP contribution in [0.15, 0.2) is 6.07 Å². The molecule has 3 aliphatic heterocycles. The number of ether oxygens (including phenoxy) is 3. The van der Waals surface area contributed by atoms with Gasteiger partial charge in [0.1, 0.15) is 11.5 Å². The van der Waals surface area contributed by atoms with E-state index < -0.39 is 0 Å². The van der Waals surface area contributed by atoms with Crippen LogP contribution >= 0.6 is 0 Å². The van der Waals surface area contributed by atoms with Gasteiger partial charge in [-0.2, -0.15) is 0 Å². The van der Waals surface area contributed by atoms with Gasteiger partial charge in [-0.25, -0.2) is 4.79 Å². The Balaban J connectivity index is 1.63. The number of rotatable bonds is 1. The minimum atomic E-state index is -0.221. The maximum Gasteiger partial charge on any atom is 0.409 e. The van der Waals surface area contributed by atoms with Gasteiger partial charge in [0, 0.05) is 42.6 Å². The van der Waals surface area contributed by atoms with E-state index in [1.54, 1.807) is 4.90 Å². The number of likely N-dealkylation sites (tertiary alicyclic amines) is 1. The fourth-order valence-corrected chi connectivity index (χ4v) is 3.93. The molecule has 1 aromatic carbocycles. The Morgan fingerprint density at radius 1 is 1.23 bits per heavy atom. The topological polar surface area (TPSA) is 48.0 Å². The molecule has 22 heavy (non-hydrogen) atoms. The second-order valence-corrected chi connectivity index (χ2v) is 6.18. The molecule has 0 unspecified atom stereocenters. The molecule has 0 radical (unpaired) electrons. The zero-order valence-electron chi connectivity index (χ0n) is 12.9. The molecule has 0 aliphatic carbocycles. The predicted molar refractivity (Wildman–Crippen MR) is 80.8 cm³/mol. The molecule has 1 fully saturated rings. The van der Waals surface area contributed by atoms with Gasteiger partial charge in [-0.1, -0.05) is 0 Å². The first-order valence-corrected chi connectivity index (χ1v) is 8.05. The summed E-state index contributed by atoms with van der Waals surface area (Å²) in [6, 6.07) is 2.16. The highest BCUT2D eigenvalue weighted by Gasteiger charge is 2.33. The molecular formula is C17H21NO4. The van der Waals surface area contributed by atoms with Crippen molar-refractivity contribution in [1.29, 1.82) is 0 Å². The average Bonchev–Trinajstić information content (AvgIpc) is 3.20. The molecule has 3 heterocycles. The molecule has 0 saturated carbocycles. The molecule has 0 N–H and O–H groups in total. The summed E-state index contributed by atoms with van der Waals surface area (Å²) in [4.78, 5) is 13.4. The van der Waals surface area contributed by atoms with Crippen molar-refractivity contribution in [2.75, 3.05) is 33.4 Å². The van der Waals surface area contributed by atoms with Crippen molar-refractivity contribution in [2.45, 2.75) is 31.6 Å². The van der Waals surface area contributed by atoms with Crippen LogP contribution in [0.1, 0.15) is 35.4 Å². The zero-order chi connectivity index (χ0) is 15.1. The summed E-state index contributed by atoms with van der Waals surface area (Å²) in [5.74, 6) is 2.60. The van der Waals surface area contributed by atoms with Gasteiger partial charge in [-0.15, -0.1) is 0 Å². The number of amides is 1. The number of methoxy groups -OCH3 is 1. The van der Waals surface area contributed by atoms with Crippen molar-refractivity contribution in [1.82, 2.24) is 4.90 Å². The van der Waals surface area contributed by atoms with E-state index in [2.05, 4.69) is 6.07 Å². The Morgan fingerprint density at radius 3 is 2.77 bits per heavy atom. The van der Waals surface area contributed by atoms with Crippen LogP contribution in [0.25, 0.3) is 0 Å². The van der Waals surface area contributed by atoms with Crippen molar-refractivity contribution in [2.24, 2.45) is 0 Å². The van der Waals surface area contributed by atoms with Gasteiger partial charge < -0.3 is 19.1 Å². The Bertz CT molecular complexity index is 573. The molecule has 1 aromatic rings. The maximum absolute atomic E-state index is 11.6. The molecule has 0 spiro atoms. The molecule has 4 rings (SSSR count). The molecular weight excluding hydrogens is 282 g/mol. The van der Waals surface area contributed by atoms with Crippen LogP contribution in [0.5, 0.6) is 11.5 Å². The second kappa shape index (κ2) is 5.38. The first kappa shape index (κ1) is 13.7. The van der Waals surface area contributed by atoms with Gasteiger partial charge in [0.05, 0.1) is 20.3 Å². The van der Waals surface area contributed by atoms with Gasteiger partial charge >= 0.3 is 6.09 Å². The smallest absolute Gasteiger partial charge is 0.409 e. The maximum atomic E-state index is 11.6. The monoisotopic (exact) mass is 303 g/mol. The Morgan fingerprint density at radius 2 is 2.00 bits per heavy atom. The first-order valence-electron chi connectivity index (χ1n) is 8.05. The molecule has 1 amide bonds. The van der Waals surface area contributed by atoms with Crippen molar-refractivity contribution >= 4 is 6.09 Å². The van der Waals surface area contributed by atoms with E-state index >= 15 is 0 Å². The average molecular weight is 303 g/mol. The minimum absolute atomic E-state index is 0.221. The molecule has 0 bridgehead atoms. The van der Waals surface area contributed by atoms with Gasteiger partial charge in [-0.3, -0.25) is 0 Å². The third-order valence-electron chi connectivity index (χ3n) is 5.03. The minimum Gasteiger partial charge on any atom is -0.493 e. The molecule has 0 aromatic heterocycles. The van der Waals surface area contributed by atoms with E-state index in [1.165, 1.54) is 23.8 Å². The lowest BCUT2D eigenvalue weighted by atomic mass is 9.84. The summed E-state index contributed by atoms with van der Waals surface area (Å²) in [6.07, 6.45) is 3.64. The van der Waals surface area contributed by atoms with Crippen LogP contribution in [0, 0.1) is 0 Å². The lowest BCUT2D eigenvalue weighted by Crippen LogP contribution is -2.38. The highest BCUT2D eigenvalue weighted by atomic mass is 16.5. The van der Waals surface area contributed by atoms with Gasteiger partial charge in [0.15, 0.2) is 0 Å². The first-order chi connectivity index (χ1) is 10.8. The van der Waals surface area contributed by atoms with E-state index in [4.69, 9.17) is 14.2 Å². The third-order valence-corrected chi connectivity index (χ3v) is 5.03. The largest absolute Gasteiger partial charge is 0.493 e. The lowest BCUT2D eigenvalue weighted by Gasteiger charge is -2.32. The number of carbonyl (C=O) groups is 1. The molecule has 118 valence electrons. The summed E-state index contributed by atoms with van der Waals surface area (Å²) >= 11 is 0. The van der Waals surface area contributed by atoms with Gasteiger partial charge in [0.2, 0.25) is 0 Å². The van der Waals surface area contributed by atoms with Gasteiger partial charge in [-0.05, 0) is 24.8 Å². The third kappa shape index (κ3) is 2.11. The second-order valence-electron chi connectivity index (χ2n) is 6.18. The Kier molecular flexibility index (Phi) is 3.36. The summed E-state index contributed by atoms with van der Waals surface area (Å²) in [7, 11) is 1.44. The van der Waals surface area contributed by atoms with Crippen LogP contribution in [0.4, 0.5) is 4.79 Å². The Labute approximate surface area is 130 Å². The highest BCUT2D eigenvalue weighted by molar-refractivity contribution is 5.67. The molecule has 5 nitrogen and oxygen atoms in total. The van der Waals surface area contributed by atoms with Crippen LogP contribution < -0.4 is 9.47 Å². The quantitative estimate of drug-likeness (QED) is 0.800. The van der Waals surface area contributed by atoms with E-state index in [-0.39, 0.29) is 6.09 Å². The lowest BCUT2D eigenvalue weighted by molar-refractivity contribution is 0.112. The number of hydrogen-bond acceptors (Lipinski definition) is 4. The van der Waals surface area contributed by atoms with Gasteiger partial charge in [0.25, 0.3) is 0 Å². The van der Waals surface area contributed by atoms with Crippen molar-refractivity contribution in [3.05, 3.63) is 22.8 Å². The van der Waals surface area contributed by atoms with Crippen LogP contribution in [0.2, 0.25) is 0 Å². The van der Waals surface area contributed by atoms with Crippen molar-refractivity contribution in [3.8, 4) is 11.5 Å². The number of piperidine rings is 1. The van der Waals surface area contributed by atoms with Crippen LogP contribution in [0.3, 0.4) is 0 Å². The predicted octanol–water partition coefficient (Wildman–Crippen LogP) is 2.50. The Hall–Kier alpha value is -1.91. The summed E-state index contributed by atoms with van der Waals surface area (Å²) < 4.78 is 16.6. The normalized spacial score (nSPS) is 20.1. The number of fused-ring (bicyclic) bond motifs is 2. The van der Waals surface area contributed by atoms with E-state index in [0.29, 0.717) is 5.92 Å². The molecule has 0 atom stereocenters. The number of benzene rings is 1.